The number of benzene rings is 1. The first-order chi connectivity index (χ1) is 26.5. The Hall–Kier alpha value is -2.67. The minimum absolute atomic E-state index is 0. The summed E-state index contributed by atoms with van der Waals surface area (Å²) in [6.45, 7) is 16.2. The van der Waals surface area contributed by atoms with Gasteiger partial charge < -0.3 is 53.3 Å². The van der Waals surface area contributed by atoms with E-state index in [0.29, 0.717) is 38.1 Å². The van der Waals surface area contributed by atoms with Crippen molar-refractivity contribution in [2.75, 3.05) is 46.2 Å². The molecule has 0 aliphatic rings. The van der Waals surface area contributed by atoms with Gasteiger partial charge in [-0.1, -0.05) is 90.7 Å². The monoisotopic (exact) mass is 1040 g/mol. The number of amides is 3. The molecule has 57 heavy (non-hydrogen) atoms. The molecule has 1 heterocycles. The molecule has 1 aromatic heterocycles. The molecule has 0 fully saturated rings. The summed E-state index contributed by atoms with van der Waals surface area (Å²) in [6, 6.07) is 5.31. The molecule has 0 radical (unpaired) electrons. The van der Waals surface area contributed by atoms with E-state index in [9.17, 15) is 29.1 Å². The van der Waals surface area contributed by atoms with Gasteiger partial charge in [-0.3, -0.25) is 19.2 Å². The van der Waals surface area contributed by atoms with Crippen molar-refractivity contribution in [1.82, 2.24) is 25.0 Å². The minimum Gasteiger partial charge on any atom is -0.480 e. The molecule has 2 rings (SSSR count). The predicted molar refractivity (Wildman–Crippen MR) is 233 cm³/mol. The molecule has 0 bridgehead atoms. The average Bonchev–Trinajstić information content (AvgIpc) is 3.50. The zero-order valence-corrected chi connectivity index (χ0v) is 41.4. The molecular formula is C42H74N7O6SU-. The van der Waals surface area contributed by atoms with Gasteiger partial charge in [0.25, 0.3) is 0 Å². The Bertz CT molecular complexity index is 1440. The summed E-state index contributed by atoms with van der Waals surface area (Å²) in [5.74, 6) is -0.950. The quantitative estimate of drug-likeness (QED) is 0.0653. The Morgan fingerprint density at radius 3 is 2.11 bits per heavy atom. The van der Waals surface area contributed by atoms with E-state index in [-0.39, 0.29) is 56.5 Å². The number of allylic oxidation sites excluding steroid dienone is 1. The van der Waals surface area contributed by atoms with Crippen LogP contribution in [0.2, 0.25) is 0 Å². The number of aliphatic carboxylic acids is 1. The van der Waals surface area contributed by atoms with Crippen LogP contribution in [-0.2, 0) is 36.9 Å². The van der Waals surface area contributed by atoms with Crippen LogP contribution in [-0.4, -0.2) is 120 Å². The molecule has 15 heteroatoms. The maximum absolute atomic E-state index is 13.4. The molecule has 0 spiro atoms. The molecule has 2 aromatic rings. The number of nitrogens with one attached hydrogen (secondary N) is 2. The van der Waals surface area contributed by atoms with E-state index in [4.69, 9.17) is 11.5 Å². The number of thioether (sulfide) groups is 1. The second kappa shape index (κ2) is 35.3. The second-order valence-electron chi connectivity index (χ2n) is 14.0. The summed E-state index contributed by atoms with van der Waals surface area (Å²) < 4.78 is 1.61. The maximum Gasteiger partial charge on any atom is 0.323 e. The van der Waals surface area contributed by atoms with Crippen LogP contribution in [0.25, 0.3) is 10.9 Å². The van der Waals surface area contributed by atoms with E-state index >= 15 is 0 Å². The molecule has 1 aromatic carbocycles. The zero-order valence-electron chi connectivity index (χ0n) is 36.4. The van der Waals surface area contributed by atoms with Crippen LogP contribution in [0.5, 0.6) is 0 Å². The third kappa shape index (κ3) is 25.4. The molecule has 4 atom stereocenters. The predicted octanol–water partition coefficient (Wildman–Crippen LogP) is 4.90. The normalized spacial score (nSPS) is 12.6. The number of aromatic nitrogens is 1. The number of rotatable bonds is 21. The fourth-order valence-electron chi connectivity index (χ4n) is 5.26. The van der Waals surface area contributed by atoms with Crippen LogP contribution in [0, 0.1) is 44.0 Å². The van der Waals surface area contributed by atoms with Crippen molar-refractivity contribution >= 4 is 52.6 Å². The zero-order chi connectivity index (χ0) is 43.2. The molecule has 0 saturated heterocycles. The smallest absolute Gasteiger partial charge is 0.323 e. The Kier molecular flexibility index (Phi) is 36.3. The van der Waals surface area contributed by atoms with E-state index in [2.05, 4.69) is 37.7 Å². The van der Waals surface area contributed by atoms with E-state index < -0.39 is 41.8 Å². The Balaban J connectivity index is -0.00000144. The second-order valence-corrected chi connectivity index (χ2v) is 14.9. The number of fused-ring (bicyclic) bond motifs is 1. The summed E-state index contributed by atoms with van der Waals surface area (Å²) in [5.41, 5.74) is 12.9. The van der Waals surface area contributed by atoms with Crippen LogP contribution in [0.3, 0.4) is 0 Å². The van der Waals surface area contributed by atoms with Gasteiger partial charge >= 0.3 is 5.97 Å². The third-order valence-electron chi connectivity index (χ3n) is 8.51. The molecule has 0 saturated carbocycles. The molecule has 1 unspecified atom stereocenters. The summed E-state index contributed by atoms with van der Waals surface area (Å²) in [4.78, 5) is 64.6. The number of carbonyl (C=O) groups is 5. The van der Waals surface area contributed by atoms with Crippen molar-refractivity contribution < 1.29 is 60.2 Å². The topological polar surface area (TPSA) is 193 Å². The van der Waals surface area contributed by atoms with Crippen LogP contribution >= 0.6 is 11.8 Å². The Labute approximate surface area is 371 Å². The number of nitrogens with zero attached hydrogens (tertiary/aromatic N) is 3. The van der Waals surface area contributed by atoms with Crippen LogP contribution in [0.4, 0.5) is 0 Å². The van der Waals surface area contributed by atoms with E-state index in [1.807, 2.05) is 82.9 Å². The largest absolute Gasteiger partial charge is 0.480 e. The van der Waals surface area contributed by atoms with Crippen LogP contribution in [0.15, 0.2) is 42.6 Å². The summed E-state index contributed by atoms with van der Waals surface area (Å²) in [5, 5.41) is 15.8. The number of aldehydes is 1. The van der Waals surface area contributed by atoms with Gasteiger partial charge in [-0.15, -0.1) is 6.04 Å². The van der Waals surface area contributed by atoms with Gasteiger partial charge in [0, 0.05) is 68.9 Å². The summed E-state index contributed by atoms with van der Waals surface area (Å²) >= 11 is 1.81. The number of hydrogen-bond donors (Lipinski definition) is 5. The van der Waals surface area contributed by atoms with Crippen molar-refractivity contribution in [3.63, 3.8) is 0 Å². The van der Waals surface area contributed by atoms with Crippen molar-refractivity contribution in [2.24, 2.45) is 17.4 Å². The number of likely N-dealkylation sites (N-methyl/N-ethyl adjacent to an activating group) is 2. The molecule has 0 aliphatic heterocycles. The number of unbranched alkanes of at least 4 members (excludes halogenated alkanes) is 2. The standard InChI is InChI=1S/C29H43N5O6.C5H12NS.C4H9N.C4H10.U/c1-6-7-11-25(29(40)32(4)16-26(36)31-21(18-35)13-19(2)3)33(5)28(39)23(30)14-20-15-34(17-27(37)38)24-12-9-8-10-22(20)24;1-5(6-2)4-7-3;1-2-3-4-5;1-3-4-2;/h8-10,12,15,18-19,21,23,25H,6-7,11,13-14,16-17,30H2,1-5H3,(H,31,36)(H,37,38);5-6H,1,4H2,2-3H3;2-3H,4-5H2,1H3;3-4H2,1-2H3;/q;-1;;;/b;;3-2-;;/t21-,23-,25-;;;;/m0..../s1. The third-order valence-corrected chi connectivity index (χ3v) is 9.24. The van der Waals surface area contributed by atoms with Gasteiger partial charge in [-0.05, 0) is 62.8 Å². The van der Waals surface area contributed by atoms with Gasteiger partial charge in [0.15, 0.2) is 0 Å². The summed E-state index contributed by atoms with van der Waals surface area (Å²) in [6.07, 6.45) is 13.5. The minimum atomic E-state index is -0.982. The maximum atomic E-state index is 13.4. The molecule has 0 aliphatic carbocycles. The first-order valence-corrected chi connectivity index (χ1v) is 21.0. The van der Waals surface area contributed by atoms with Gasteiger partial charge in [0.1, 0.15) is 18.9 Å². The number of hydrogen-bond acceptors (Lipinski definition) is 9. The molecular weight excluding hydrogens is 969 g/mol. The summed E-state index contributed by atoms with van der Waals surface area (Å²) in [7, 11) is 4.95. The van der Waals surface area contributed by atoms with E-state index in [0.717, 1.165) is 28.6 Å². The molecule has 324 valence electrons. The number of carboxylic acid groups (broad SMARTS) is 1. The SMILES string of the molecule is C/C=C\CN.CCCC.CCCC[C@@H](C(=O)N(C)CC(=O)N[C@H](C=O)CC(C)C)N(C)C(=O)[C@@H](N)Cc1cn(CC(=O)O)c2ccccc12.[CH2-]C(CSC)NC.[U]. The fourth-order valence-corrected chi connectivity index (χ4v) is 5.83. The number of nitrogens with two attached hydrogens (primary N) is 2. The number of para-hydroxylation sites is 1. The van der Waals surface area contributed by atoms with E-state index in [1.165, 1.54) is 36.7 Å². The van der Waals surface area contributed by atoms with Crippen molar-refractivity contribution in [3.8, 4) is 0 Å². The van der Waals surface area contributed by atoms with Gasteiger partial charge in [0.2, 0.25) is 17.7 Å². The first kappa shape index (κ1) is 58.6. The van der Waals surface area contributed by atoms with Crippen LogP contribution < -0.4 is 22.1 Å². The number of carbonyl (C=O) groups excluding carboxylic acids is 4. The molecule has 13 nitrogen and oxygen atoms in total. The Morgan fingerprint density at radius 2 is 1.67 bits per heavy atom. The molecule has 3 amide bonds. The van der Waals surface area contributed by atoms with Crippen LogP contribution in [0.1, 0.15) is 85.6 Å². The molecule has 7 N–H and O–H groups in total. The first-order valence-electron chi connectivity index (χ1n) is 19.6. The van der Waals surface area contributed by atoms with Crippen molar-refractivity contribution in [3.05, 3.63) is 55.1 Å². The van der Waals surface area contributed by atoms with Crippen molar-refractivity contribution in [2.45, 2.75) is 117 Å². The Morgan fingerprint density at radius 1 is 1.05 bits per heavy atom. The van der Waals surface area contributed by atoms with Gasteiger partial charge in [-0.2, -0.15) is 11.8 Å². The van der Waals surface area contributed by atoms with Crippen molar-refractivity contribution in [1.29, 1.82) is 0 Å². The van der Waals surface area contributed by atoms with Gasteiger partial charge in [0.05, 0.1) is 18.6 Å². The fraction of sp³-hybridized carbons (Fsp3) is 0.619. The van der Waals surface area contributed by atoms with Gasteiger partial charge in [-0.25, -0.2) is 0 Å². The number of carboxylic acids is 1. The van der Waals surface area contributed by atoms with E-state index in [1.54, 1.807) is 10.8 Å². The average molecular weight is 1040 g/mol.